The Hall–Kier alpha value is -1.72. The molecule has 0 unspecified atom stereocenters. The van der Waals surface area contributed by atoms with E-state index in [1.807, 2.05) is 0 Å². The van der Waals surface area contributed by atoms with E-state index in [4.69, 9.17) is 0 Å². The number of hydrogen-bond acceptors (Lipinski definition) is 2. The number of rotatable bonds is 0. The number of amides is 1. The van der Waals surface area contributed by atoms with Gasteiger partial charge in [0.05, 0.1) is 6.42 Å². The van der Waals surface area contributed by atoms with Crippen molar-refractivity contribution in [3.63, 3.8) is 0 Å². The molecule has 0 atom stereocenters. The molecule has 0 aromatic heterocycles. The molecule has 1 heterocycles. The molecule has 15 heavy (non-hydrogen) atoms. The lowest BCUT2D eigenvalue weighted by molar-refractivity contribution is -0.320. The molecule has 1 aliphatic heterocycles. The Kier molecular flexibility index (Phi) is 2.06. The predicted molar refractivity (Wildman–Crippen MR) is 43.7 cm³/mol. The first-order chi connectivity index (χ1) is 6.98. The van der Waals surface area contributed by atoms with Gasteiger partial charge in [-0.1, -0.05) is 23.3 Å². The average molecular weight is 217 g/mol. The van der Waals surface area contributed by atoms with E-state index in [9.17, 15) is 18.0 Å². The molecule has 0 N–H and O–H groups in total. The summed E-state index contributed by atoms with van der Waals surface area (Å²) in [6.45, 7) is 0. The van der Waals surface area contributed by atoms with Gasteiger partial charge in [-0.05, 0) is 6.07 Å². The lowest BCUT2D eigenvalue weighted by atomic mass is 10.1. The van der Waals surface area contributed by atoms with Crippen LogP contribution in [0.1, 0.15) is 5.56 Å². The molecule has 6 heteroatoms. The number of halogens is 3. The maximum Gasteiger partial charge on any atom is 0.520 e. The zero-order chi connectivity index (χ0) is 11.1. The average Bonchev–Trinajstić information content (AvgIpc) is 2.15. The second kappa shape index (κ2) is 3.15. The fourth-order valence-electron chi connectivity index (χ4n) is 1.32. The van der Waals surface area contributed by atoms with E-state index in [-0.39, 0.29) is 12.2 Å². The van der Waals surface area contributed by atoms with Crippen LogP contribution in [-0.2, 0) is 11.2 Å². The molecule has 0 spiro atoms. The van der Waals surface area contributed by atoms with Crippen molar-refractivity contribution in [3.8, 4) is 5.75 Å². The maximum absolute atomic E-state index is 12.3. The molecule has 0 fully saturated rings. The molecule has 1 aromatic carbocycles. The standard InChI is InChI=1S/C9H6F3NO2/c10-9(11,12)13-8(14)5-6-3-1-2-4-7(6)15-13/h1-4H,5H2. The molecule has 1 aliphatic rings. The van der Waals surface area contributed by atoms with Crippen LogP contribution < -0.4 is 4.84 Å². The third kappa shape index (κ3) is 1.74. The number of carbonyl (C=O) groups is 1. The van der Waals surface area contributed by atoms with Gasteiger partial charge in [0.2, 0.25) is 0 Å². The molecule has 1 aromatic rings. The fourth-order valence-corrected chi connectivity index (χ4v) is 1.32. The zero-order valence-corrected chi connectivity index (χ0v) is 7.41. The number of hydrogen-bond donors (Lipinski definition) is 0. The van der Waals surface area contributed by atoms with Crippen LogP contribution in [-0.4, -0.2) is 17.3 Å². The van der Waals surface area contributed by atoms with Gasteiger partial charge in [0.1, 0.15) is 0 Å². The number of para-hydroxylation sites is 1. The Labute approximate surface area is 83.0 Å². The van der Waals surface area contributed by atoms with Crippen molar-refractivity contribution in [2.24, 2.45) is 0 Å². The molecular weight excluding hydrogens is 211 g/mol. The van der Waals surface area contributed by atoms with E-state index in [0.717, 1.165) is 0 Å². The molecule has 80 valence electrons. The Balaban J connectivity index is 2.34. The van der Waals surface area contributed by atoms with Gasteiger partial charge in [-0.3, -0.25) is 4.79 Å². The smallest absolute Gasteiger partial charge is 0.369 e. The minimum absolute atomic E-state index is 0.0643. The van der Waals surface area contributed by atoms with Gasteiger partial charge in [0.15, 0.2) is 5.75 Å². The minimum atomic E-state index is -4.80. The second-order valence-corrected chi connectivity index (χ2v) is 3.03. The fraction of sp³-hybridized carbons (Fsp3) is 0.222. The number of carbonyl (C=O) groups excluding carboxylic acids is 1. The highest BCUT2D eigenvalue weighted by atomic mass is 19.4. The predicted octanol–water partition coefficient (Wildman–Crippen LogP) is 1.88. The quantitative estimate of drug-likeness (QED) is 0.621. The van der Waals surface area contributed by atoms with Crippen LogP contribution in [0.2, 0.25) is 0 Å². The molecule has 3 nitrogen and oxygen atoms in total. The van der Waals surface area contributed by atoms with Gasteiger partial charge in [0.25, 0.3) is 5.91 Å². The number of benzene rings is 1. The molecule has 0 radical (unpaired) electrons. The molecule has 2 rings (SSSR count). The molecule has 0 aliphatic carbocycles. The molecule has 1 amide bonds. The summed E-state index contributed by atoms with van der Waals surface area (Å²) in [5, 5.41) is -0.546. The first kappa shape index (κ1) is 9.82. The first-order valence-electron chi connectivity index (χ1n) is 4.14. The number of alkyl halides is 3. The summed E-state index contributed by atoms with van der Waals surface area (Å²) in [5.74, 6) is -1.05. The summed E-state index contributed by atoms with van der Waals surface area (Å²) in [6, 6.07) is 6.13. The van der Waals surface area contributed by atoms with E-state index in [1.165, 1.54) is 6.07 Å². The van der Waals surface area contributed by atoms with Gasteiger partial charge >= 0.3 is 6.30 Å². The third-order valence-corrected chi connectivity index (χ3v) is 1.96. The maximum atomic E-state index is 12.3. The van der Waals surface area contributed by atoms with Crippen LogP contribution in [0.15, 0.2) is 24.3 Å². The van der Waals surface area contributed by atoms with Gasteiger partial charge in [-0.2, -0.15) is 0 Å². The Morgan fingerprint density at radius 3 is 2.60 bits per heavy atom. The van der Waals surface area contributed by atoms with Crippen LogP contribution in [0.5, 0.6) is 5.75 Å². The zero-order valence-electron chi connectivity index (χ0n) is 7.41. The highest BCUT2D eigenvalue weighted by Gasteiger charge is 2.46. The molecule has 0 saturated carbocycles. The van der Waals surface area contributed by atoms with E-state index < -0.39 is 17.3 Å². The van der Waals surface area contributed by atoms with Crippen molar-refractivity contribution >= 4 is 5.91 Å². The van der Waals surface area contributed by atoms with E-state index in [1.54, 1.807) is 18.2 Å². The largest absolute Gasteiger partial charge is 0.520 e. The first-order valence-corrected chi connectivity index (χ1v) is 4.14. The Morgan fingerprint density at radius 1 is 1.27 bits per heavy atom. The monoisotopic (exact) mass is 217 g/mol. The summed E-state index contributed by atoms with van der Waals surface area (Å²) < 4.78 is 36.8. The van der Waals surface area contributed by atoms with Crippen molar-refractivity contribution < 1.29 is 22.8 Å². The normalized spacial score (nSPS) is 15.9. The second-order valence-electron chi connectivity index (χ2n) is 3.03. The molecule has 0 saturated heterocycles. The van der Waals surface area contributed by atoms with Crippen LogP contribution in [0, 0.1) is 0 Å². The van der Waals surface area contributed by atoms with Crippen molar-refractivity contribution in [2.45, 2.75) is 12.7 Å². The van der Waals surface area contributed by atoms with Crippen molar-refractivity contribution in [1.29, 1.82) is 0 Å². The summed E-state index contributed by atoms with van der Waals surface area (Å²) in [6.07, 6.45) is -5.10. The van der Waals surface area contributed by atoms with E-state index in [0.29, 0.717) is 5.56 Å². The minimum Gasteiger partial charge on any atom is -0.369 e. The topological polar surface area (TPSA) is 29.5 Å². The summed E-state index contributed by atoms with van der Waals surface area (Å²) >= 11 is 0. The van der Waals surface area contributed by atoms with Crippen LogP contribution in [0.3, 0.4) is 0 Å². The number of fused-ring (bicyclic) bond motifs is 1. The van der Waals surface area contributed by atoms with Crippen LogP contribution in [0.4, 0.5) is 13.2 Å². The summed E-state index contributed by atoms with van der Waals surface area (Å²) in [5.41, 5.74) is 0.461. The van der Waals surface area contributed by atoms with Gasteiger partial charge in [0, 0.05) is 5.56 Å². The lowest BCUT2D eigenvalue weighted by Gasteiger charge is -2.28. The highest BCUT2D eigenvalue weighted by Crippen LogP contribution is 2.31. The Morgan fingerprint density at radius 2 is 1.93 bits per heavy atom. The van der Waals surface area contributed by atoms with Crippen molar-refractivity contribution in [2.75, 3.05) is 0 Å². The van der Waals surface area contributed by atoms with Crippen molar-refractivity contribution in [1.82, 2.24) is 5.06 Å². The van der Waals surface area contributed by atoms with E-state index in [2.05, 4.69) is 4.84 Å². The van der Waals surface area contributed by atoms with E-state index >= 15 is 0 Å². The third-order valence-electron chi connectivity index (χ3n) is 1.96. The van der Waals surface area contributed by atoms with Gasteiger partial charge in [-0.15, -0.1) is 13.2 Å². The lowest BCUT2D eigenvalue weighted by Crippen LogP contribution is -2.48. The number of hydroxylamine groups is 2. The van der Waals surface area contributed by atoms with Gasteiger partial charge in [-0.25, -0.2) is 0 Å². The molecule has 0 bridgehead atoms. The number of nitrogens with zero attached hydrogens (tertiary/aromatic N) is 1. The van der Waals surface area contributed by atoms with Crippen LogP contribution in [0.25, 0.3) is 0 Å². The molecular formula is C9H6F3NO2. The SMILES string of the molecule is O=C1Cc2ccccc2ON1C(F)(F)F. The summed E-state index contributed by atoms with van der Waals surface area (Å²) in [4.78, 5) is 15.6. The highest BCUT2D eigenvalue weighted by molar-refractivity contribution is 5.80. The van der Waals surface area contributed by atoms with Crippen molar-refractivity contribution in [3.05, 3.63) is 29.8 Å². The Bertz CT molecular complexity index is 403. The van der Waals surface area contributed by atoms with Crippen LogP contribution >= 0.6 is 0 Å². The van der Waals surface area contributed by atoms with Gasteiger partial charge < -0.3 is 4.84 Å². The summed E-state index contributed by atoms with van der Waals surface area (Å²) in [7, 11) is 0.